The molecule has 2 aromatic heterocycles. The third kappa shape index (κ3) is 3.70. The molecule has 0 saturated heterocycles. The molecule has 5 heterocycles. The summed E-state index contributed by atoms with van der Waals surface area (Å²) in [5.74, 6) is 2.47. The van der Waals surface area contributed by atoms with Crippen molar-refractivity contribution < 1.29 is 4.74 Å². The number of nitrogens with one attached hydrogen (secondary N) is 2. The van der Waals surface area contributed by atoms with Crippen LogP contribution in [-0.4, -0.2) is 27.9 Å². The van der Waals surface area contributed by atoms with Gasteiger partial charge < -0.3 is 15.4 Å². The summed E-state index contributed by atoms with van der Waals surface area (Å²) in [4.78, 5) is 14.3. The van der Waals surface area contributed by atoms with Crippen molar-refractivity contribution in [1.82, 2.24) is 20.2 Å². The van der Waals surface area contributed by atoms with E-state index in [1.807, 2.05) is 30.5 Å². The van der Waals surface area contributed by atoms with E-state index in [4.69, 9.17) is 14.7 Å². The van der Waals surface area contributed by atoms with Gasteiger partial charge in [0, 0.05) is 41.9 Å². The third-order valence-corrected chi connectivity index (χ3v) is 7.75. The number of amidine groups is 1. The molecule has 3 aliphatic rings. The monoisotopic (exact) mass is 522 g/mol. The Bertz CT molecular complexity index is 1880. The minimum absolute atomic E-state index is 0.00231. The predicted octanol–water partition coefficient (Wildman–Crippen LogP) is 5.81. The van der Waals surface area contributed by atoms with Crippen molar-refractivity contribution >= 4 is 33.6 Å². The number of para-hydroxylation sites is 1. The number of ether oxygens (including phenoxy) is 1. The molecule has 8 rings (SSSR count). The highest BCUT2D eigenvalue weighted by molar-refractivity contribution is 6.20. The minimum Gasteiger partial charge on any atom is -0.484 e. The summed E-state index contributed by atoms with van der Waals surface area (Å²) in [7, 11) is 0. The van der Waals surface area contributed by atoms with Crippen molar-refractivity contribution in [3.8, 4) is 5.75 Å². The van der Waals surface area contributed by atoms with Crippen LogP contribution in [0.4, 0.5) is 0 Å². The van der Waals surface area contributed by atoms with Gasteiger partial charge >= 0.3 is 0 Å². The molecule has 0 spiro atoms. The van der Waals surface area contributed by atoms with Crippen LogP contribution >= 0.6 is 0 Å². The van der Waals surface area contributed by atoms with Crippen molar-refractivity contribution in [3.63, 3.8) is 0 Å². The second kappa shape index (κ2) is 9.24. The Labute approximate surface area is 231 Å². The van der Waals surface area contributed by atoms with E-state index in [1.54, 1.807) is 12.4 Å². The van der Waals surface area contributed by atoms with Gasteiger partial charge in [0.1, 0.15) is 17.7 Å². The molecule has 0 fully saturated rings. The molecule has 2 N–H and O–H groups in total. The number of hydrogen-bond acceptors (Lipinski definition) is 6. The van der Waals surface area contributed by atoms with Gasteiger partial charge in [0.05, 0.1) is 16.4 Å². The molecule has 194 valence electrons. The molecule has 3 aliphatic heterocycles. The Kier molecular flexibility index (Phi) is 5.26. The lowest BCUT2D eigenvalue weighted by molar-refractivity contribution is 0.241. The molecule has 2 unspecified atom stereocenters. The van der Waals surface area contributed by atoms with Crippen LogP contribution in [0.15, 0.2) is 125 Å². The van der Waals surface area contributed by atoms with E-state index in [1.165, 1.54) is 11.1 Å². The van der Waals surface area contributed by atoms with Gasteiger partial charge in [0.25, 0.3) is 0 Å². The smallest absolute Gasteiger partial charge is 0.211 e. The molecule has 0 amide bonds. The number of aromatic nitrogens is 2. The van der Waals surface area contributed by atoms with Gasteiger partial charge in [-0.25, -0.2) is 9.98 Å². The van der Waals surface area contributed by atoms with E-state index in [0.29, 0.717) is 0 Å². The van der Waals surface area contributed by atoms with Gasteiger partial charge in [0.2, 0.25) is 5.96 Å². The van der Waals surface area contributed by atoms with Crippen molar-refractivity contribution in [2.75, 3.05) is 6.54 Å². The lowest BCUT2D eigenvalue weighted by Crippen LogP contribution is -2.40. The first-order valence-electron chi connectivity index (χ1n) is 13.5. The fraction of sp³-hybridized carbons (Fsp3) is 0.121. The maximum atomic E-state index is 6.69. The first-order chi connectivity index (χ1) is 19.8. The molecule has 0 aliphatic carbocycles. The normalized spacial score (nSPS) is 19.8. The molecule has 0 bridgehead atoms. The number of benzene rings is 3. The van der Waals surface area contributed by atoms with Crippen LogP contribution in [0.5, 0.6) is 5.75 Å². The quantitative estimate of drug-likeness (QED) is 0.313. The molecular formula is C33H26N6O. The van der Waals surface area contributed by atoms with Crippen LogP contribution < -0.4 is 15.4 Å². The first kappa shape index (κ1) is 22.8. The molecule has 7 nitrogen and oxygen atoms in total. The van der Waals surface area contributed by atoms with E-state index in [0.717, 1.165) is 63.5 Å². The second-order valence-corrected chi connectivity index (χ2v) is 10.1. The van der Waals surface area contributed by atoms with E-state index < -0.39 is 6.17 Å². The molecule has 0 saturated carbocycles. The Morgan fingerprint density at radius 1 is 0.825 bits per heavy atom. The second-order valence-electron chi connectivity index (χ2n) is 10.1. The summed E-state index contributed by atoms with van der Waals surface area (Å²) in [5.41, 5.74) is 6.54. The summed E-state index contributed by atoms with van der Waals surface area (Å²) in [6.45, 7) is 0.750. The number of dihydropyridines is 1. The predicted molar refractivity (Wildman–Crippen MR) is 159 cm³/mol. The number of hydrogen-bond donors (Lipinski definition) is 2. The van der Waals surface area contributed by atoms with Crippen molar-refractivity contribution in [1.29, 1.82) is 0 Å². The van der Waals surface area contributed by atoms with Gasteiger partial charge in [-0.1, -0.05) is 60.7 Å². The number of pyridine rings is 1. The molecule has 0 radical (unpaired) electrons. The molecule has 40 heavy (non-hydrogen) atoms. The van der Waals surface area contributed by atoms with Gasteiger partial charge in [-0.15, -0.1) is 0 Å². The maximum Gasteiger partial charge on any atom is 0.211 e. The van der Waals surface area contributed by atoms with Crippen molar-refractivity contribution in [3.05, 3.63) is 132 Å². The highest BCUT2D eigenvalue weighted by Gasteiger charge is 2.30. The van der Waals surface area contributed by atoms with E-state index >= 15 is 0 Å². The zero-order chi connectivity index (χ0) is 26.5. The van der Waals surface area contributed by atoms with Crippen molar-refractivity contribution in [2.45, 2.75) is 18.7 Å². The minimum atomic E-state index is -0.400. The van der Waals surface area contributed by atoms with E-state index in [2.05, 4.69) is 86.9 Å². The SMILES string of the molecule is C1=CC(C2=NC(c3ccncc3)N=C(n3c4ccccc4c4c5c(ccc43)CC(c3ccccc3)O5)N2)=CCN1. The maximum absolute atomic E-state index is 6.69. The first-order valence-corrected chi connectivity index (χ1v) is 13.5. The van der Waals surface area contributed by atoms with Crippen LogP contribution in [0.1, 0.15) is 29.0 Å². The third-order valence-electron chi connectivity index (χ3n) is 7.75. The highest BCUT2D eigenvalue weighted by atomic mass is 16.5. The Morgan fingerprint density at radius 3 is 2.52 bits per heavy atom. The van der Waals surface area contributed by atoms with Crippen LogP contribution in [0, 0.1) is 0 Å². The van der Waals surface area contributed by atoms with Crippen LogP contribution in [0.25, 0.3) is 21.8 Å². The lowest BCUT2D eigenvalue weighted by Gasteiger charge is -2.24. The Balaban J connectivity index is 1.30. The topological polar surface area (TPSA) is 75.8 Å². The van der Waals surface area contributed by atoms with E-state index in [-0.39, 0.29) is 6.10 Å². The van der Waals surface area contributed by atoms with Gasteiger partial charge in [-0.2, -0.15) is 0 Å². The fourth-order valence-corrected chi connectivity index (χ4v) is 5.84. The summed E-state index contributed by atoms with van der Waals surface area (Å²) in [6.07, 6.45) is 10.2. The zero-order valence-electron chi connectivity index (χ0n) is 21.7. The van der Waals surface area contributed by atoms with E-state index in [9.17, 15) is 0 Å². The summed E-state index contributed by atoms with van der Waals surface area (Å²) >= 11 is 0. The molecule has 3 aromatic carbocycles. The number of rotatable bonds is 3. The molecule has 2 atom stereocenters. The van der Waals surface area contributed by atoms with Gasteiger partial charge in [-0.05, 0) is 47.7 Å². The van der Waals surface area contributed by atoms with Crippen LogP contribution in [0.2, 0.25) is 0 Å². The van der Waals surface area contributed by atoms with Crippen molar-refractivity contribution in [2.24, 2.45) is 9.98 Å². The number of fused-ring (bicyclic) bond motifs is 5. The average molecular weight is 523 g/mol. The largest absolute Gasteiger partial charge is 0.484 e. The highest BCUT2D eigenvalue weighted by Crippen LogP contribution is 2.45. The molecule has 5 aromatic rings. The molecule has 7 heteroatoms. The summed E-state index contributed by atoms with van der Waals surface area (Å²) in [5, 5.41) is 9.05. The van der Waals surface area contributed by atoms with Crippen LogP contribution in [-0.2, 0) is 6.42 Å². The van der Waals surface area contributed by atoms with Gasteiger partial charge in [0.15, 0.2) is 6.17 Å². The number of aliphatic imine (C=N–C) groups is 2. The fourth-order valence-electron chi connectivity index (χ4n) is 5.84. The molecular weight excluding hydrogens is 496 g/mol. The number of nitrogens with zero attached hydrogens (tertiary/aromatic N) is 4. The zero-order valence-corrected chi connectivity index (χ0v) is 21.7. The Hall–Kier alpha value is -5.17. The van der Waals surface area contributed by atoms with Crippen LogP contribution in [0.3, 0.4) is 0 Å². The summed E-state index contributed by atoms with van der Waals surface area (Å²) < 4.78 is 8.90. The van der Waals surface area contributed by atoms with Gasteiger partial charge in [-0.3, -0.25) is 9.55 Å². The standard InChI is InChI=1S/C33H26N6O/c1-2-6-21(7-3-1)28-20-24-10-11-27-29(30(24)40-28)25-8-4-5-9-26(25)39(27)33-37-31(22-12-16-34-17-13-22)36-32(38-33)23-14-18-35-19-15-23/h1-18,28,31,35H,19-20H2,(H,36,37,38). The Morgan fingerprint density at radius 2 is 1.68 bits per heavy atom. The lowest BCUT2D eigenvalue weighted by atomic mass is 10.0. The average Bonchev–Trinajstić information content (AvgIpc) is 3.62. The summed E-state index contributed by atoms with van der Waals surface area (Å²) in [6, 6.07) is 27.3.